The Labute approximate surface area is 124 Å². The van der Waals surface area contributed by atoms with Crippen LogP contribution < -0.4 is 0 Å². The minimum atomic E-state index is -3.93. The molecule has 1 aromatic heterocycles. The first kappa shape index (κ1) is 14.0. The molecule has 0 radical (unpaired) electrons. The van der Waals surface area contributed by atoms with Gasteiger partial charge in [-0.2, -0.15) is 0 Å². The van der Waals surface area contributed by atoms with Crippen molar-refractivity contribution in [3.8, 4) is 0 Å². The molecule has 0 fully saturated rings. The number of fused-ring (bicyclic) bond motifs is 1. The second-order valence-electron chi connectivity index (χ2n) is 4.37. The van der Waals surface area contributed by atoms with Crippen LogP contribution in [0, 0.1) is 0 Å². The third-order valence-electron chi connectivity index (χ3n) is 3.10. The van der Waals surface area contributed by atoms with Crippen molar-refractivity contribution >= 4 is 32.0 Å². The van der Waals surface area contributed by atoms with Gasteiger partial charge in [0.15, 0.2) is 0 Å². The van der Waals surface area contributed by atoms with Gasteiger partial charge in [0, 0.05) is 5.39 Å². The summed E-state index contributed by atoms with van der Waals surface area (Å²) in [5.41, 5.74) is 0.374. The first-order chi connectivity index (χ1) is 10.0. The molecule has 3 aromatic rings. The summed E-state index contributed by atoms with van der Waals surface area (Å²) < 4.78 is 47.3. The Bertz CT molecular complexity index is 930. The van der Waals surface area contributed by atoms with E-state index >= 15 is 0 Å². The maximum Gasteiger partial charge on any atom is 0.269 e. The van der Waals surface area contributed by atoms with E-state index in [1.807, 2.05) is 0 Å². The zero-order chi connectivity index (χ0) is 15.0. The first-order valence-electron chi connectivity index (χ1n) is 6.04. The Morgan fingerprint density at radius 3 is 2.24 bits per heavy atom. The van der Waals surface area contributed by atoms with Crippen LogP contribution in [0.1, 0.15) is 0 Å². The number of benzene rings is 2. The minimum absolute atomic E-state index is 0.0676. The molecule has 7 heteroatoms. The summed E-state index contributed by atoms with van der Waals surface area (Å²) in [7, 11) is -3.93. The highest BCUT2D eigenvalue weighted by atomic mass is 32.2. The molecule has 1 unspecified atom stereocenters. The number of para-hydroxylation sites is 1. The van der Waals surface area contributed by atoms with Crippen LogP contribution >= 0.6 is 0 Å². The topological polar surface area (TPSA) is 76.4 Å². The number of hydrogen-bond donors (Lipinski definition) is 1. The van der Waals surface area contributed by atoms with Crippen LogP contribution in [0.15, 0.2) is 70.6 Å². The van der Waals surface area contributed by atoms with Crippen molar-refractivity contribution in [1.29, 1.82) is 0 Å². The smallest absolute Gasteiger partial charge is 0.269 e. The Morgan fingerprint density at radius 1 is 0.952 bits per heavy atom. The van der Waals surface area contributed by atoms with Crippen LogP contribution in [0.5, 0.6) is 0 Å². The van der Waals surface area contributed by atoms with Gasteiger partial charge < -0.3 is 4.55 Å². The number of rotatable bonds is 3. The molecule has 0 saturated carbocycles. The summed E-state index contributed by atoms with van der Waals surface area (Å²) in [5, 5.41) is 0.425. The molecule has 0 saturated heterocycles. The standard InChI is InChI=1S/C14H11NO4S2/c16-20(17)14-10-11-6-4-5-9-13(11)15(14)21(18,19)12-7-2-1-3-8-12/h1-10H,(H,16,17). The maximum atomic E-state index is 12.8. The maximum absolute atomic E-state index is 12.8. The van der Waals surface area contributed by atoms with Gasteiger partial charge in [0.25, 0.3) is 10.0 Å². The van der Waals surface area contributed by atoms with Crippen molar-refractivity contribution in [3.05, 3.63) is 60.7 Å². The summed E-state index contributed by atoms with van der Waals surface area (Å²) in [4.78, 5) is 0.0676. The van der Waals surface area contributed by atoms with Crippen molar-refractivity contribution in [2.75, 3.05) is 0 Å². The Morgan fingerprint density at radius 2 is 1.57 bits per heavy atom. The van der Waals surface area contributed by atoms with Crippen molar-refractivity contribution in [2.45, 2.75) is 9.92 Å². The van der Waals surface area contributed by atoms with Gasteiger partial charge >= 0.3 is 0 Å². The second kappa shape index (κ2) is 5.10. The van der Waals surface area contributed by atoms with Crippen LogP contribution in [-0.2, 0) is 21.1 Å². The molecule has 2 aromatic carbocycles. The van der Waals surface area contributed by atoms with E-state index in [1.54, 1.807) is 42.5 Å². The molecule has 0 bridgehead atoms. The molecule has 21 heavy (non-hydrogen) atoms. The van der Waals surface area contributed by atoms with Gasteiger partial charge in [-0.15, -0.1) is 0 Å². The molecule has 0 amide bonds. The molecular formula is C14H11NO4S2. The molecule has 0 aliphatic heterocycles. The SMILES string of the molecule is O=S(O)c1cc2ccccc2n1S(=O)(=O)c1ccccc1. The van der Waals surface area contributed by atoms with E-state index < -0.39 is 21.1 Å². The quantitative estimate of drug-likeness (QED) is 0.752. The monoisotopic (exact) mass is 321 g/mol. The van der Waals surface area contributed by atoms with Crippen LogP contribution in [0.4, 0.5) is 0 Å². The average Bonchev–Trinajstić information content (AvgIpc) is 2.88. The second-order valence-corrected chi connectivity index (χ2v) is 7.08. The fourth-order valence-electron chi connectivity index (χ4n) is 2.17. The molecule has 0 aliphatic rings. The molecule has 3 rings (SSSR count). The van der Waals surface area contributed by atoms with Gasteiger partial charge in [0.05, 0.1) is 10.4 Å². The number of hydrogen-bond acceptors (Lipinski definition) is 3. The highest BCUT2D eigenvalue weighted by molar-refractivity contribution is 7.90. The lowest BCUT2D eigenvalue weighted by molar-refractivity contribution is 0.553. The summed E-state index contributed by atoms with van der Waals surface area (Å²) in [5.74, 6) is 0. The third-order valence-corrected chi connectivity index (χ3v) is 5.61. The first-order valence-corrected chi connectivity index (χ1v) is 8.58. The van der Waals surface area contributed by atoms with Crippen LogP contribution in [-0.4, -0.2) is 21.2 Å². The predicted octanol–water partition coefficient (Wildman–Crippen LogP) is 2.46. The van der Waals surface area contributed by atoms with Gasteiger partial charge in [-0.25, -0.2) is 16.6 Å². The minimum Gasteiger partial charge on any atom is -0.301 e. The number of nitrogens with zero attached hydrogens (tertiary/aromatic N) is 1. The van der Waals surface area contributed by atoms with Crippen molar-refractivity contribution in [3.63, 3.8) is 0 Å². The lowest BCUT2D eigenvalue weighted by Crippen LogP contribution is -2.16. The van der Waals surface area contributed by atoms with Gasteiger partial charge in [0.2, 0.25) is 11.1 Å². The molecule has 1 heterocycles. The highest BCUT2D eigenvalue weighted by Gasteiger charge is 2.24. The van der Waals surface area contributed by atoms with E-state index in [9.17, 15) is 17.2 Å². The molecule has 1 N–H and O–H groups in total. The lowest BCUT2D eigenvalue weighted by atomic mass is 10.3. The van der Waals surface area contributed by atoms with E-state index in [-0.39, 0.29) is 9.92 Å². The Balaban J connectivity index is 2.39. The highest BCUT2D eigenvalue weighted by Crippen LogP contribution is 2.27. The normalized spacial score (nSPS) is 13.4. The Kier molecular flexibility index (Phi) is 3.40. The molecular weight excluding hydrogens is 310 g/mol. The molecule has 0 aliphatic carbocycles. The zero-order valence-corrected chi connectivity index (χ0v) is 12.3. The molecule has 1 atom stereocenters. The summed E-state index contributed by atoms with van der Waals surface area (Å²) in [6.07, 6.45) is 0. The van der Waals surface area contributed by atoms with Gasteiger partial charge in [-0.05, 0) is 24.3 Å². The van der Waals surface area contributed by atoms with E-state index in [1.165, 1.54) is 18.2 Å². The lowest BCUT2D eigenvalue weighted by Gasteiger charge is -2.09. The van der Waals surface area contributed by atoms with Crippen molar-refractivity contribution < 1.29 is 17.2 Å². The van der Waals surface area contributed by atoms with E-state index in [0.717, 1.165) is 3.97 Å². The summed E-state index contributed by atoms with van der Waals surface area (Å²) >= 11 is -2.41. The van der Waals surface area contributed by atoms with Gasteiger partial charge in [0.1, 0.15) is 5.03 Å². The molecule has 5 nitrogen and oxygen atoms in total. The zero-order valence-electron chi connectivity index (χ0n) is 10.7. The van der Waals surface area contributed by atoms with Crippen LogP contribution in [0.3, 0.4) is 0 Å². The predicted molar refractivity (Wildman–Crippen MR) is 80.0 cm³/mol. The van der Waals surface area contributed by atoms with E-state index in [4.69, 9.17) is 0 Å². The Hall–Kier alpha value is -1.96. The van der Waals surface area contributed by atoms with Crippen LogP contribution in [0.2, 0.25) is 0 Å². The van der Waals surface area contributed by atoms with Gasteiger partial charge in [-0.1, -0.05) is 36.4 Å². The largest absolute Gasteiger partial charge is 0.301 e. The fourth-order valence-corrected chi connectivity index (χ4v) is 4.55. The molecule has 108 valence electrons. The summed E-state index contributed by atoms with van der Waals surface area (Å²) in [6.45, 7) is 0. The van der Waals surface area contributed by atoms with E-state index in [2.05, 4.69) is 0 Å². The summed E-state index contributed by atoms with van der Waals surface area (Å²) in [6, 6.07) is 16.0. The van der Waals surface area contributed by atoms with Crippen molar-refractivity contribution in [1.82, 2.24) is 3.97 Å². The van der Waals surface area contributed by atoms with E-state index in [0.29, 0.717) is 10.9 Å². The van der Waals surface area contributed by atoms with Crippen molar-refractivity contribution in [2.24, 2.45) is 0 Å². The van der Waals surface area contributed by atoms with Gasteiger partial charge in [-0.3, -0.25) is 0 Å². The third kappa shape index (κ3) is 2.29. The average molecular weight is 321 g/mol. The number of aromatic nitrogens is 1. The van der Waals surface area contributed by atoms with Crippen LogP contribution in [0.25, 0.3) is 10.9 Å². The fraction of sp³-hybridized carbons (Fsp3) is 0. The molecule has 0 spiro atoms.